The third-order valence-electron chi connectivity index (χ3n) is 8.53. The summed E-state index contributed by atoms with van der Waals surface area (Å²) in [7, 11) is 0. The molecule has 2 aliphatic heterocycles. The molecule has 2 saturated heterocycles. The van der Waals surface area contributed by atoms with Crippen LogP contribution < -0.4 is 10.1 Å². The number of aromatic nitrogens is 5. The van der Waals surface area contributed by atoms with Crippen LogP contribution in [0.3, 0.4) is 0 Å². The zero-order chi connectivity index (χ0) is 31.6. The zero-order valence-corrected chi connectivity index (χ0v) is 24.9. The number of nitrogens with zero attached hydrogens (tertiary/aromatic N) is 7. The Morgan fingerprint density at radius 2 is 1.80 bits per heavy atom. The van der Waals surface area contributed by atoms with E-state index in [1.807, 2.05) is 17.0 Å². The number of carbonyl (C=O) groups is 2. The minimum absolute atomic E-state index is 0.0953. The molecule has 5 aromatic rings. The van der Waals surface area contributed by atoms with Crippen molar-refractivity contribution in [3.8, 4) is 17.0 Å². The van der Waals surface area contributed by atoms with Crippen molar-refractivity contribution in [1.82, 2.24) is 34.2 Å². The Kier molecular flexibility index (Phi) is 8.28. The molecule has 0 aliphatic carbocycles. The first-order valence-corrected chi connectivity index (χ1v) is 15.2. The second-order valence-electron chi connectivity index (χ2n) is 11.3. The lowest BCUT2D eigenvalue weighted by Crippen LogP contribution is -2.50. The van der Waals surface area contributed by atoms with Crippen LogP contribution in [0.5, 0.6) is 5.75 Å². The van der Waals surface area contributed by atoms with Crippen LogP contribution in [0.2, 0.25) is 0 Å². The molecular formula is C32H32F2N8O4. The molecule has 1 N–H and O–H groups in total. The minimum atomic E-state index is -3.09. The highest BCUT2D eigenvalue weighted by molar-refractivity contribution is 6.09. The SMILES string of the molecule is O=C(Nc1cn(CC(=O)N2CCC(N3CCOCC3)CC2)nc1-c1cc2ccccc2cc1OC(F)F)c1cnn2cccnc12. The molecule has 0 spiro atoms. The molecule has 0 unspecified atom stereocenters. The number of hydrogen-bond donors (Lipinski definition) is 1. The molecular weight excluding hydrogens is 598 g/mol. The Morgan fingerprint density at radius 1 is 1.04 bits per heavy atom. The summed E-state index contributed by atoms with van der Waals surface area (Å²) >= 11 is 0. The van der Waals surface area contributed by atoms with E-state index in [2.05, 4.69) is 25.4 Å². The molecule has 7 rings (SSSR count). The maximum Gasteiger partial charge on any atom is 0.387 e. The van der Waals surface area contributed by atoms with Gasteiger partial charge in [0.15, 0.2) is 5.65 Å². The van der Waals surface area contributed by atoms with Crippen LogP contribution in [-0.2, 0) is 16.1 Å². The number of anilines is 1. The molecule has 238 valence electrons. The van der Waals surface area contributed by atoms with Gasteiger partial charge in [-0.15, -0.1) is 0 Å². The van der Waals surface area contributed by atoms with Crippen molar-refractivity contribution in [1.29, 1.82) is 0 Å². The van der Waals surface area contributed by atoms with Crippen LogP contribution in [0.25, 0.3) is 27.7 Å². The van der Waals surface area contributed by atoms with Gasteiger partial charge in [0.05, 0.1) is 25.1 Å². The van der Waals surface area contributed by atoms with E-state index < -0.39 is 12.5 Å². The Morgan fingerprint density at radius 3 is 2.57 bits per heavy atom. The molecule has 14 heteroatoms. The lowest BCUT2D eigenvalue weighted by molar-refractivity contribution is -0.133. The first-order chi connectivity index (χ1) is 22.4. The summed E-state index contributed by atoms with van der Waals surface area (Å²) in [6.07, 6.45) is 7.89. The van der Waals surface area contributed by atoms with E-state index in [-0.39, 0.29) is 40.7 Å². The Hall–Kier alpha value is -4.95. The quantitative estimate of drug-likeness (QED) is 0.274. The lowest BCUT2D eigenvalue weighted by atomic mass is 10.0. The van der Waals surface area contributed by atoms with Crippen LogP contribution in [0.15, 0.2) is 67.3 Å². The lowest BCUT2D eigenvalue weighted by Gasteiger charge is -2.40. The van der Waals surface area contributed by atoms with Crippen LogP contribution >= 0.6 is 0 Å². The summed E-state index contributed by atoms with van der Waals surface area (Å²) in [6, 6.07) is 12.6. The largest absolute Gasteiger partial charge is 0.434 e. The summed E-state index contributed by atoms with van der Waals surface area (Å²) in [4.78, 5) is 35.5. The third kappa shape index (κ3) is 6.13. The van der Waals surface area contributed by atoms with Gasteiger partial charge in [-0.25, -0.2) is 9.50 Å². The fourth-order valence-corrected chi connectivity index (χ4v) is 6.23. The number of piperidine rings is 1. The highest BCUT2D eigenvalue weighted by Gasteiger charge is 2.29. The highest BCUT2D eigenvalue weighted by Crippen LogP contribution is 2.38. The van der Waals surface area contributed by atoms with Gasteiger partial charge in [-0.05, 0) is 41.8 Å². The number of morpholine rings is 1. The predicted molar refractivity (Wildman–Crippen MR) is 165 cm³/mol. The van der Waals surface area contributed by atoms with Gasteiger partial charge in [-0.3, -0.25) is 19.2 Å². The van der Waals surface area contributed by atoms with E-state index in [1.54, 1.807) is 36.7 Å². The number of nitrogens with one attached hydrogen (secondary N) is 1. The molecule has 12 nitrogen and oxygen atoms in total. The van der Waals surface area contributed by atoms with Gasteiger partial charge in [0.1, 0.15) is 23.6 Å². The van der Waals surface area contributed by atoms with Gasteiger partial charge < -0.3 is 19.7 Å². The van der Waals surface area contributed by atoms with E-state index in [0.717, 1.165) is 44.5 Å². The van der Waals surface area contributed by atoms with Crippen molar-refractivity contribution in [2.75, 3.05) is 44.7 Å². The van der Waals surface area contributed by atoms with Crippen LogP contribution in [0.4, 0.5) is 14.5 Å². The highest BCUT2D eigenvalue weighted by atomic mass is 19.3. The first kappa shape index (κ1) is 29.7. The molecule has 2 fully saturated rings. The molecule has 0 radical (unpaired) electrons. The second-order valence-corrected chi connectivity index (χ2v) is 11.3. The van der Waals surface area contributed by atoms with E-state index in [1.165, 1.54) is 27.7 Å². The first-order valence-electron chi connectivity index (χ1n) is 15.2. The average Bonchev–Trinajstić information content (AvgIpc) is 3.68. The molecule has 0 bridgehead atoms. The molecule has 46 heavy (non-hydrogen) atoms. The molecule has 0 saturated carbocycles. The Bertz CT molecular complexity index is 1880. The molecule has 2 aromatic carbocycles. The monoisotopic (exact) mass is 630 g/mol. The second kappa shape index (κ2) is 12.8. The fraction of sp³-hybridized carbons (Fsp3) is 0.344. The summed E-state index contributed by atoms with van der Waals surface area (Å²) in [5.41, 5.74) is 1.19. The van der Waals surface area contributed by atoms with Gasteiger partial charge in [-0.1, -0.05) is 24.3 Å². The number of hydrogen-bond acceptors (Lipinski definition) is 8. The molecule has 0 atom stereocenters. The normalized spacial score (nSPS) is 16.4. The van der Waals surface area contributed by atoms with E-state index >= 15 is 0 Å². The van der Waals surface area contributed by atoms with Crippen molar-refractivity contribution in [2.45, 2.75) is 32.0 Å². The van der Waals surface area contributed by atoms with Crippen LogP contribution in [0, 0.1) is 0 Å². The van der Waals surface area contributed by atoms with Gasteiger partial charge in [-0.2, -0.15) is 19.0 Å². The number of benzene rings is 2. The van der Waals surface area contributed by atoms with Crippen LogP contribution in [-0.4, -0.2) is 98.0 Å². The smallest absolute Gasteiger partial charge is 0.387 e. The number of rotatable bonds is 8. The standard InChI is InChI=1S/C32H32F2N8O4/c33-32(34)46-27-17-22-5-2-1-4-21(22)16-24(27)29-26(37-31(44)25-18-36-42-9-3-8-35-30(25)42)19-41(38-29)20-28(43)40-10-6-23(7-11-40)39-12-14-45-15-13-39/h1-5,8-9,16-19,23,32H,6-7,10-15,20H2,(H,37,44). The third-order valence-corrected chi connectivity index (χ3v) is 8.53. The number of ether oxygens (including phenoxy) is 2. The van der Waals surface area contributed by atoms with Gasteiger partial charge in [0, 0.05) is 56.4 Å². The van der Waals surface area contributed by atoms with Crippen molar-refractivity contribution in [3.05, 3.63) is 72.8 Å². The van der Waals surface area contributed by atoms with E-state index in [0.29, 0.717) is 30.2 Å². The Balaban J connectivity index is 1.19. The number of halogens is 2. The predicted octanol–water partition coefficient (Wildman–Crippen LogP) is 3.92. The topological polar surface area (TPSA) is 119 Å². The average molecular weight is 631 g/mol. The fourth-order valence-electron chi connectivity index (χ4n) is 6.23. The minimum Gasteiger partial charge on any atom is -0.434 e. The van der Waals surface area contributed by atoms with E-state index in [9.17, 15) is 18.4 Å². The molecule has 3 aromatic heterocycles. The summed E-state index contributed by atoms with van der Waals surface area (Å²) in [5, 5.41) is 13.1. The number of amides is 2. The van der Waals surface area contributed by atoms with Crippen molar-refractivity contribution >= 4 is 33.9 Å². The number of fused-ring (bicyclic) bond motifs is 2. The number of likely N-dealkylation sites (tertiary alicyclic amines) is 1. The summed E-state index contributed by atoms with van der Waals surface area (Å²) < 4.78 is 40.5. The molecule has 2 aliphatic rings. The van der Waals surface area contributed by atoms with Crippen molar-refractivity contribution < 1.29 is 27.8 Å². The Labute approximate surface area is 262 Å². The summed E-state index contributed by atoms with van der Waals surface area (Å²) in [5.74, 6) is -0.756. The van der Waals surface area contributed by atoms with E-state index in [4.69, 9.17) is 9.47 Å². The zero-order valence-electron chi connectivity index (χ0n) is 24.9. The van der Waals surface area contributed by atoms with Crippen LogP contribution in [0.1, 0.15) is 23.2 Å². The number of carbonyl (C=O) groups excluding carboxylic acids is 2. The van der Waals surface area contributed by atoms with Gasteiger partial charge >= 0.3 is 6.61 Å². The van der Waals surface area contributed by atoms with Crippen molar-refractivity contribution in [2.24, 2.45) is 0 Å². The number of alkyl halides is 2. The maximum atomic E-state index is 13.6. The van der Waals surface area contributed by atoms with Gasteiger partial charge in [0.2, 0.25) is 5.91 Å². The summed E-state index contributed by atoms with van der Waals surface area (Å²) in [6.45, 7) is 1.33. The molecule has 2 amide bonds. The molecule has 5 heterocycles. The van der Waals surface area contributed by atoms with Gasteiger partial charge in [0.25, 0.3) is 5.91 Å². The van der Waals surface area contributed by atoms with Crippen molar-refractivity contribution in [3.63, 3.8) is 0 Å². The maximum absolute atomic E-state index is 13.6.